The molecule has 1 aliphatic rings. The number of hydrogen-bond donors (Lipinski definition) is 1. The first-order valence-corrected chi connectivity index (χ1v) is 9.60. The van der Waals surface area contributed by atoms with Crippen molar-refractivity contribution in [2.45, 2.75) is 32.2 Å². The highest BCUT2D eigenvalue weighted by Gasteiger charge is 2.24. The van der Waals surface area contributed by atoms with Crippen molar-refractivity contribution >= 4 is 37.7 Å². The molecule has 0 bridgehead atoms. The Balaban J connectivity index is 1.85. The molecule has 5 rings (SSSR count). The number of nitrogens with zero attached hydrogens (tertiary/aromatic N) is 3. The van der Waals surface area contributed by atoms with E-state index in [1.54, 1.807) is 6.26 Å². The summed E-state index contributed by atoms with van der Waals surface area (Å²) >= 11 is 1.31. The van der Waals surface area contributed by atoms with Crippen LogP contribution in [0.3, 0.4) is 0 Å². The molecule has 4 aromatic heterocycles. The molecule has 0 spiro atoms. The van der Waals surface area contributed by atoms with Gasteiger partial charge in [-0.2, -0.15) is 0 Å². The van der Waals surface area contributed by atoms with Gasteiger partial charge in [-0.3, -0.25) is 14.2 Å². The van der Waals surface area contributed by atoms with Crippen LogP contribution in [-0.2, 0) is 24.2 Å². The van der Waals surface area contributed by atoms with Crippen LogP contribution >= 0.6 is 11.3 Å². The molecule has 0 radical (unpaired) electrons. The number of hydrogen-bond acceptors (Lipinski definition) is 6. The quantitative estimate of drug-likeness (QED) is 0.588. The van der Waals surface area contributed by atoms with E-state index in [4.69, 9.17) is 15.1 Å². The Hall–Kier alpha value is -3.00. The van der Waals surface area contributed by atoms with Gasteiger partial charge in [-0.05, 0) is 48.9 Å². The van der Waals surface area contributed by atoms with Gasteiger partial charge in [-0.15, -0.1) is 11.3 Å². The van der Waals surface area contributed by atoms with E-state index < -0.39 is 5.91 Å². The molecule has 8 heteroatoms. The van der Waals surface area contributed by atoms with E-state index in [-0.39, 0.29) is 12.1 Å². The molecule has 0 atom stereocenters. The fraction of sp³-hybridized carbons (Fsp3) is 0.263. The van der Waals surface area contributed by atoms with Crippen molar-refractivity contribution in [2.24, 2.45) is 5.73 Å². The first-order chi connectivity index (χ1) is 13.1. The molecular formula is C19H16N4O3S. The van der Waals surface area contributed by atoms with E-state index in [1.165, 1.54) is 33.4 Å². The molecule has 0 aromatic carbocycles. The van der Waals surface area contributed by atoms with E-state index in [0.717, 1.165) is 47.4 Å². The van der Waals surface area contributed by atoms with Crippen LogP contribution in [0.5, 0.6) is 0 Å². The van der Waals surface area contributed by atoms with Crippen molar-refractivity contribution in [1.82, 2.24) is 14.5 Å². The molecule has 0 saturated heterocycles. The minimum Gasteiger partial charge on any atom is -0.463 e. The molecule has 0 unspecified atom stereocenters. The Kier molecular flexibility index (Phi) is 3.61. The number of amides is 1. The van der Waals surface area contributed by atoms with Gasteiger partial charge in [0.2, 0.25) is 5.91 Å². The molecule has 0 aliphatic heterocycles. The van der Waals surface area contributed by atoms with Crippen molar-refractivity contribution in [3.63, 3.8) is 0 Å². The van der Waals surface area contributed by atoms with Crippen molar-refractivity contribution in [2.75, 3.05) is 0 Å². The predicted octanol–water partition coefficient (Wildman–Crippen LogP) is 2.63. The van der Waals surface area contributed by atoms with Gasteiger partial charge in [-0.1, -0.05) is 0 Å². The molecular weight excluding hydrogens is 364 g/mol. The Morgan fingerprint density at radius 3 is 2.85 bits per heavy atom. The summed E-state index contributed by atoms with van der Waals surface area (Å²) in [7, 11) is 0. The molecule has 1 aliphatic carbocycles. The number of rotatable bonds is 3. The van der Waals surface area contributed by atoms with Gasteiger partial charge in [0.1, 0.15) is 21.8 Å². The van der Waals surface area contributed by atoms with E-state index in [0.29, 0.717) is 10.2 Å². The maximum Gasteiger partial charge on any atom is 0.271 e. The lowest BCUT2D eigenvalue weighted by molar-refractivity contribution is -0.118. The fourth-order valence-corrected chi connectivity index (χ4v) is 4.96. The third-order valence-electron chi connectivity index (χ3n) is 5.00. The van der Waals surface area contributed by atoms with Crippen molar-refractivity contribution in [3.05, 3.63) is 46.2 Å². The second-order valence-electron chi connectivity index (χ2n) is 6.71. The first kappa shape index (κ1) is 16.2. The van der Waals surface area contributed by atoms with Gasteiger partial charge in [0, 0.05) is 5.39 Å². The molecule has 7 nitrogen and oxygen atoms in total. The van der Waals surface area contributed by atoms with E-state index in [9.17, 15) is 9.59 Å². The van der Waals surface area contributed by atoms with Gasteiger partial charge in [0.25, 0.3) is 5.56 Å². The largest absolute Gasteiger partial charge is 0.463 e. The minimum atomic E-state index is -0.574. The number of nitrogens with two attached hydrogens (primary N) is 1. The van der Waals surface area contributed by atoms with Crippen LogP contribution in [0, 0.1) is 0 Å². The second kappa shape index (κ2) is 6.02. The second-order valence-corrected chi connectivity index (χ2v) is 7.70. The van der Waals surface area contributed by atoms with E-state index >= 15 is 0 Å². The standard InChI is InChI=1S/C19H16N4O3S/c20-13(24)8-23-9-21-16-14-10-4-1-2-5-11(10)15(12-6-3-7-26-12)22-18(14)27-17(16)19(23)25/h3,6-7,9H,1-2,4-5,8H2,(H2,20,24). The molecule has 4 heterocycles. The third-order valence-corrected chi connectivity index (χ3v) is 6.06. The number of furan rings is 1. The summed E-state index contributed by atoms with van der Waals surface area (Å²) in [5.74, 6) is 0.168. The number of aromatic nitrogens is 3. The number of pyridine rings is 1. The molecule has 0 fully saturated rings. The maximum atomic E-state index is 12.8. The first-order valence-electron chi connectivity index (χ1n) is 8.79. The van der Waals surface area contributed by atoms with Crippen LogP contribution in [0.25, 0.3) is 31.9 Å². The average molecular weight is 380 g/mol. The Morgan fingerprint density at radius 2 is 2.11 bits per heavy atom. The summed E-state index contributed by atoms with van der Waals surface area (Å²) in [5.41, 5.74) is 8.89. The summed E-state index contributed by atoms with van der Waals surface area (Å²) in [5, 5.41) is 0.961. The SMILES string of the molecule is NC(=O)Cn1cnc2c(sc3nc(-c4ccco4)c4c(c32)CCCC4)c1=O. The topological polar surface area (TPSA) is 104 Å². The zero-order valence-corrected chi connectivity index (χ0v) is 15.2. The zero-order valence-electron chi connectivity index (χ0n) is 14.4. The van der Waals surface area contributed by atoms with Crippen LogP contribution in [0.4, 0.5) is 0 Å². The fourth-order valence-electron chi connectivity index (χ4n) is 3.85. The van der Waals surface area contributed by atoms with Gasteiger partial charge in [-0.25, -0.2) is 9.97 Å². The summed E-state index contributed by atoms with van der Waals surface area (Å²) in [6.45, 7) is -0.181. The van der Waals surface area contributed by atoms with Crippen molar-refractivity contribution < 1.29 is 9.21 Å². The summed E-state index contributed by atoms with van der Waals surface area (Å²) in [6, 6.07) is 3.76. The number of primary amides is 1. The van der Waals surface area contributed by atoms with Gasteiger partial charge in [0.05, 0.1) is 18.1 Å². The molecule has 136 valence electrons. The maximum absolute atomic E-state index is 12.8. The minimum absolute atomic E-state index is 0.181. The van der Waals surface area contributed by atoms with Crippen LogP contribution in [0.2, 0.25) is 0 Å². The predicted molar refractivity (Wildman–Crippen MR) is 103 cm³/mol. The lowest BCUT2D eigenvalue weighted by atomic mass is 9.88. The highest BCUT2D eigenvalue weighted by Crippen LogP contribution is 2.40. The normalized spacial score (nSPS) is 13.9. The highest BCUT2D eigenvalue weighted by molar-refractivity contribution is 7.25. The summed E-state index contributed by atoms with van der Waals surface area (Å²) < 4.78 is 7.36. The number of carbonyl (C=O) groups is 1. The number of carbonyl (C=O) groups excluding carboxylic acids is 1. The number of aryl methyl sites for hydroxylation is 1. The molecule has 4 aromatic rings. The number of thiophene rings is 1. The van der Waals surface area contributed by atoms with E-state index in [1.807, 2.05) is 12.1 Å². The third kappa shape index (κ3) is 2.48. The molecule has 27 heavy (non-hydrogen) atoms. The average Bonchev–Trinajstić information content (AvgIpc) is 3.31. The van der Waals surface area contributed by atoms with E-state index in [2.05, 4.69) is 4.98 Å². The molecule has 2 N–H and O–H groups in total. The van der Waals surface area contributed by atoms with Crippen LogP contribution < -0.4 is 11.3 Å². The highest BCUT2D eigenvalue weighted by atomic mass is 32.1. The monoisotopic (exact) mass is 380 g/mol. The smallest absolute Gasteiger partial charge is 0.271 e. The van der Waals surface area contributed by atoms with Crippen molar-refractivity contribution in [1.29, 1.82) is 0 Å². The molecule has 0 saturated carbocycles. The Labute approximate surface area is 157 Å². The number of fused-ring (bicyclic) bond motifs is 5. The lowest BCUT2D eigenvalue weighted by Gasteiger charge is -2.19. The summed E-state index contributed by atoms with van der Waals surface area (Å²) in [4.78, 5) is 34.1. The van der Waals surface area contributed by atoms with Gasteiger partial charge >= 0.3 is 0 Å². The van der Waals surface area contributed by atoms with Gasteiger partial charge in [0.15, 0.2) is 5.76 Å². The van der Waals surface area contributed by atoms with Crippen molar-refractivity contribution in [3.8, 4) is 11.5 Å². The molecule has 1 amide bonds. The van der Waals surface area contributed by atoms with Gasteiger partial charge < -0.3 is 10.2 Å². The summed E-state index contributed by atoms with van der Waals surface area (Å²) in [6.07, 6.45) is 7.11. The van der Waals surface area contributed by atoms with Crippen LogP contribution in [0.1, 0.15) is 24.0 Å². The Bertz CT molecular complexity index is 1250. The van der Waals surface area contributed by atoms with Crippen LogP contribution in [0.15, 0.2) is 33.9 Å². The lowest BCUT2D eigenvalue weighted by Crippen LogP contribution is -2.27. The Morgan fingerprint density at radius 1 is 1.30 bits per heavy atom. The van der Waals surface area contributed by atoms with Crippen LogP contribution in [-0.4, -0.2) is 20.4 Å². The zero-order chi connectivity index (χ0) is 18.5.